The molecule has 0 radical (unpaired) electrons. The van der Waals surface area contributed by atoms with Gasteiger partial charge in [0.1, 0.15) is 6.04 Å². The molecule has 0 bridgehead atoms. The zero-order valence-electron chi connectivity index (χ0n) is 10.9. The van der Waals surface area contributed by atoms with Gasteiger partial charge in [0.05, 0.1) is 0 Å². The molecule has 0 aromatic heterocycles. The van der Waals surface area contributed by atoms with Crippen LogP contribution in [0, 0.1) is 11.3 Å². The lowest BCUT2D eigenvalue weighted by molar-refractivity contribution is -0.141. The Balaban J connectivity index is 2.49. The van der Waals surface area contributed by atoms with Crippen molar-refractivity contribution in [2.75, 3.05) is 0 Å². The maximum atomic E-state index is 11.7. The van der Waals surface area contributed by atoms with Crippen molar-refractivity contribution in [3.8, 4) is 0 Å². The monoisotopic (exact) mass is 242 g/mol. The lowest BCUT2D eigenvalue weighted by atomic mass is 9.87. The minimum atomic E-state index is -1.01. The van der Waals surface area contributed by atoms with Crippen LogP contribution < -0.4 is 10.6 Å². The van der Waals surface area contributed by atoms with Crippen molar-refractivity contribution in [1.29, 1.82) is 0 Å². The Kier molecular flexibility index (Phi) is 4.01. The number of hydrogen-bond donors (Lipinski definition) is 3. The molecule has 1 rings (SSSR count). The average Bonchev–Trinajstić information content (AvgIpc) is 2.94. The number of hydrogen-bond acceptors (Lipinski definition) is 2. The second kappa shape index (κ2) is 4.94. The minimum Gasteiger partial charge on any atom is -0.480 e. The molecule has 0 saturated heterocycles. The fourth-order valence-corrected chi connectivity index (χ4v) is 1.74. The van der Waals surface area contributed by atoms with E-state index in [-0.39, 0.29) is 6.04 Å². The number of nitrogens with one attached hydrogen (secondary N) is 2. The number of carboxylic acids is 1. The van der Waals surface area contributed by atoms with Gasteiger partial charge in [0, 0.05) is 6.04 Å². The second-order valence-electron chi connectivity index (χ2n) is 5.88. The molecule has 1 aliphatic rings. The van der Waals surface area contributed by atoms with Crippen molar-refractivity contribution in [3.63, 3.8) is 0 Å². The van der Waals surface area contributed by atoms with Gasteiger partial charge >= 0.3 is 12.0 Å². The Bertz CT molecular complexity index is 305. The highest BCUT2D eigenvalue weighted by Crippen LogP contribution is 2.32. The largest absolute Gasteiger partial charge is 0.480 e. The summed E-state index contributed by atoms with van der Waals surface area (Å²) in [7, 11) is 0. The molecule has 5 nitrogen and oxygen atoms in total. The third-order valence-electron chi connectivity index (χ3n) is 3.08. The number of rotatable bonds is 4. The first-order valence-corrected chi connectivity index (χ1v) is 6.01. The summed E-state index contributed by atoms with van der Waals surface area (Å²) < 4.78 is 0. The third-order valence-corrected chi connectivity index (χ3v) is 3.08. The van der Waals surface area contributed by atoms with E-state index in [9.17, 15) is 9.59 Å². The van der Waals surface area contributed by atoms with Crippen molar-refractivity contribution in [3.05, 3.63) is 0 Å². The van der Waals surface area contributed by atoms with Crippen LogP contribution in [-0.2, 0) is 4.79 Å². The van der Waals surface area contributed by atoms with Crippen molar-refractivity contribution in [2.24, 2.45) is 11.3 Å². The van der Waals surface area contributed by atoms with E-state index < -0.39 is 23.5 Å². The first kappa shape index (κ1) is 13.8. The summed E-state index contributed by atoms with van der Waals surface area (Å²) in [6.45, 7) is 7.31. The van der Waals surface area contributed by atoms with Crippen molar-refractivity contribution >= 4 is 12.0 Å². The molecule has 0 heterocycles. The molecule has 1 aliphatic carbocycles. The Morgan fingerprint density at radius 2 is 1.76 bits per heavy atom. The zero-order valence-corrected chi connectivity index (χ0v) is 10.9. The summed E-state index contributed by atoms with van der Waals surface area (Å²) in [5.74, 6) is -0.453. The summed E-state index contributed by atoms with van der Waals surface area (Å²) in [6, 6.07) is -1.16. The maximum absolute atomic E-state index is 11.7. The van der Waals surface area contributed by atoms with Crippen molar-refractivity contribution < 1.29 is 14.7 Å². The molecule has 0 aromatic carbocycles. The molecular weight excluding hydrogens is 220 g/mol. The zero-order chi connectivity index (χ0) is 13.2. The SMILES string of the molecule is CC(NC(=O)NC(C(=O)O)C(C)(C)C)C1CC1. The van der Waals surface area contributed by atoms with E-state index >= 15 is 0 Å². The van der Waals surface area contributed by atoms with Crippen LogP contribution in [0.1, 0.15) is 40.5 Å². The molecule has 98 valence electrons. The van der Waals surface area contributed by atoms with E-state index in [1.807, 2.05) is 6.92 Å². The second-order valence-corrected chi connectivity index (χ2v) is 5.88. The third kappa shape index (κ3) is 4.24. The van der Waals surface area contributed by atoms with E-state index in [0.29, 0.717) is 5.92 Å². The van der Waals surface area contributed by atoms with Crippen LogP contribution in [0.5, 0.6) is 0 Å². The van der Waals surface area contributed by atoms with Crippen molar-refractivity contribution in [2.45, 2.75) is 52.6 Å². The first-order valence-electron chi connectivity index (χ1n) is 6.01. The first-order chi connectivity index (χ1) is 7.71. The van der Waals surface area contributed by atoms with Gasteiger partial charge in [-0.25, -0.2) is 9.59 Å². The van der Waals surface area contributed by atoms with E-state index in [1.54, 1.807) is 20.8 Å². The van der Waals surface area contributed by atoms with Gasteiger partial charge < -0.3 is 15.7 Å². The van der Waals surface area contributed by atoms with Crippen LogP contribution in [0.25, 0.3) is 0 Å². The molecule has 1 saturated carbocycles. The van der Waals surface area contributed by atoms with Gasteiger partial charge in [-0.05, 0) is 31.1 Å². The van der Waals surface area contributed by atoms with Crippen LogP contribution in [0.4, 0.5) is 4.79 Å². The van der Waals surface area contributed by atoms with Crippen LogP contribution >= 0.6 is 0 Å². The summed E-state index contributed by atoms with van der Waals surface area (Å²) in [4.78, 5) is 22.7. The molecule has 5 heteroatoms. The molecule has 0 spiro atoms. The highest BCUT2D eigenvalue weighted by Gasteiger charge is 2.34. The molecule has 2 amide bonds. The molecule has 0 aliphatic heterocycles. The molecule has 2 atom stereocenters. The van der Waals surface area contributed by atoms with Gasteiger partial charge in [0.25, 0.3) is 0 Å². The van der Waals surface area contributed by atoms with E-state index in [2.05, 4.69) is 10.6 Å². The summed E-state index contributed by atoms with van der Waals surface area (Å²) in [5.41, 5.74) is -0.508. The average molecular weight is 242 g/mol. The van der Waals surface area contributed by atoms with Gasteiger partial charge in [-0.3, -0.25) is 0 Å². The standard InChI is InChI=1S/C12H22N2O3/c1-7(8-5-6-8)13-11(17)14-9(10(15)16)12(2,3)4/h7-9H,5-6H2,1-4H3,(H,15,16)(H2,13,14,17). The number of carboxylic acid groups (broad SMARTS) is 1. The smallest absolute Gasteiger partial charge is 0.326 e. The molecule has 17 heavy (non-hydrogen) atoms. The highest BCUT2D eigenvalue weighted by atomic mass is 16.4. The highest BCUT2D eigenvalue weighted by molar-refractivity contribution is 5.83. The van der Waals surface area contributed by atoms with Crippen molar-refractivity contribution in [1.82, 2.24) is 10.6 Å². The maximum Gasteiger partial charge on any atom is 0.326 e. The van der Waals surface area contributed by atoms with Crippen LogP contribution in [0.2, 0.25) is 0 Å². The van der Waals surface area contributed by atoms with Crippen LogP contribution in [0.15, 0.2) is 0 Å². The summed E-state index contributed by atoms with van der Waals surface area (Å²) in [6.07, 6.45) is 2.28. The topological polar surface area (TPSA) is 78.4 Å². The Morgan fingerprint density at radius 1 is 1.24 bits per heavy atom. The summed E-state index contributed by atoms with van der Waals surface area (Å²) >= 11 is 0. The molecule has 0 aromatic rings. The molecular formula is C12H22N2O3. The van der Waals surface area contributed by atoms with Crippen LogP contribution in [-0.4, -0.2) is 29.2 Å². The fraction of sp³-hybridized carbons (Fsp3) is 0.833. The van der Waals surface area contributed by atoms with E-state index in [1.165, 1.54) is 0 Å². The molecule has 3 N–H and O–H groups in total. The van der Waals surface area contributed by atoms with Crippen LogP contribution in [0.3, 0.4) is 0 Å². The molecule has 2 unspecified atom stereocenters. The fourth-order valence-electron chi connectivity index (χ4n) is 1.74. The Hall–Kier alpha value is -1.26. The summed E-state index contributed by atoms with van der Waals surface area (Å²) in [5, 5.41) is 14.4. The quantitative estimate of drug-likeness (QED) is 0.700. The van der Waals surface area contributed by atoms with Gasteiger partial charge in [-0.2, -0.15) is 0 Å². The van der Waals surface area contributed by atoms with Gasteiger partial charge in [-0.15, -0.1) is 0 Å². The van der Waals surface area contributed by atoms with Gasteiger partial charge in [-0.1, -0.05) is 20.8 Å². The Labute approximate surface area is 102 Å². The Morgan fingerprint density at radius 3 is 2.12 bits per heavy atom. The normalized spacial score (nSPS) is 19.3. The molecule has 1 fully saturated rings. The number of amides is 2. The predicted octanol–water partition coefficient (Wildman–Crippen LogP) is 1.58. The number of urea groups is 1. The number of aliphatic carboxylic acids is 1. The van der Waals surface area contributed by atoms with E-state index in [0.717, 1.165) is 12.8 Å². The predicted molar refractivity (Wildman–Crippen MR) is 64.7 cm³/mol. The van der Waals surface area contributed by atoms with Gasteiger partial charge in [0.2, 0.25) is 0 Å². The minimum absolute atomic E-state index is 0.115. The number of carbonyl (C=O) groups is 2. The lowest BCUT2D eigenvalue weighted by Crippen LogP contribution is -2.53. The number of carbonyl (C=O) groups excluding carboxylic acids is 1. The lowest BCUT2D eigenvalue weighted by Gasteiger charge is -2.28. The van der Waals surface area contributed by atoms with E-state index in [4.69, 9.17) is 5.11 Å². The van der Waals surface area contributed by atoms with Gasteiger partial charge in [0.15, 0.2) is 0 Å².